The maximum absolute atomic E-state index is 13.7. The van der Waals surface area contributed by atoms with Gasteiger partial charge < -0.3 is 15.4 Å². The average Bonchev–Trinajstić information content (AvgIpc) is 2.91. The molecule has 6 heteroatoms. The van der Waals surface area contributed by atoms with E-state index in [1.807, 2.05) is 86.6 Å². The van der Waals surface area contributed by atoms with Crippen LogP contribution in [0.1, 0.15) is 62.8 Å². The van der Waals surface area contributed by atoms with E-state index in [4.69, 9.17) is 0 Å². The molecule has 1 amide bonds. The van der Waals surface area contributed by atoms with Crippen LogP contribution >= 0.6 is 0 Å². The zero-order valence-corrected chi connectivity index (χ0v) is 24.6. The molecule has 206 valence electrons. The summed E-state index contributed by atoms with van der Waals surface area (Å²) >= 11 is 0. The van der Waals surface area contributed by atoms with Crippen LogP contribution in [0.25, 0.3) is 5.57 Å². The second-order valence-electron chi connectivity index (χ2n) is 11.4. The molecule has 1 atom stereocenters. The number of benzene rings is 3. The minimum absolute atomic E-state index is 0.0120. The van der Waals surface area contributed by atoms with Crippen molar-refractivity contribution in [1.82, 2.24) is 10.6 Å². The summed E-state index contributed by atoms with van der Waals surface area (Å²) in [4.78, 5) is 14.1. The van der Waals surface area contributed by atoms with E-state index < -0.39 is 9.71 Å². The van der Waals surface area contributed by atoms with Gasteiger partial charge in [-0.3, -0.25) is 4.79 Å². The lowest BCUT2D eigenvalue weighted by molar-refractivity contribution is -0.118. The Kier molecular flexibility index (Phi) is 8.67. The van der Waals surface area contributed by atoms with Crippen molar-refractivity contribution < 1.29 is 9.00 Å². The van der Waals surface area contributed by atoms with Crippen molar-refractivity contribution in [2.75, 3.05) is 17.8 Å². The molecule has 1 aliphatic rings. The molecule has 0 saturated carbocycles. The predicted octanol–water partition coefficient (Wildman–Crippen LogP) is 6.08. The maximum atomic E-state index is 13.7. The van der Waals surface area contributed by atoms with Crippen molar-refractivity contribution in [2.45, 2.75) is 63.8 Å². The van der Waals surface area contributed by atoms with Crippen LogP contribution in [0, 0.1) is 6.92 Å². The Balaban J connectivity index is 1.70. The Morgan fingerprint density at radius 3 is 2.23 bits per heavy atom. The molecule has 1 unspecified atom stereocenters. The quantitative estimate of drug-likeness (QED) is 0.250. The van der Waals surface area contributed by atoms with E-state index in [9.17, 15) is 9.00 Å². The Morgan fingerprint density at radius 2 is 1.62 bits per heavy atom. The molecule has 1 saturated heterocycles. The molecule has 1 fully saturated rings. The van der Waals surface area contributed by atoms with Crippen molar-refractivity contribution in [3.05, 3.63) is 101 Å². The van der Waals surface area contributed by atoms with E-state index in [0.717, 1.165) is 48.2 Å². The van der Waals surface area contributed by atoms with Gasteiger partial charge in [-0.1, -0.05) is 69.3 Å². The number of hydrogen-bond acceptors (Lipinski definition) is 3. The molecule has 5 nitrogen and oxygen atoms in total. The Hall–Kier alpha value is -3.35. The van der Waals surface area contributed by atoms with Gasteiger partial charge >= 0.3 is 0 Å². The van der Waals surface area contributed by atoms with Crippen molar-refractivity contribution in [1.29, 1.82) is 0 Å². The van der Waals surface area contributed by atoms with Crippen LogP contribution < -0.4 is 15.4 Å². The number of carbonyl (C=O) groups is 1. The number of aryl methyl sites for hydroxylation is 1. The molecule has 1 aliphatic heterocycles. The van der Waals surface area contributed by atoms with Crippen LogP contribution in [0.4, 0.5) is 5.69 Å². The molecular formula is C33H41N3O2S. The van der Waals surface area contributed by atoms with Crippen molar-refractivity contribution in [2.24, 2.45) is 0 Å². The lowest BCUT2D eigenvalue weighted by Gasteiger charge is -2.25. The molecular weight excluding hydrogens is 502 g/mol. The van der Waals surface area contributed by atoms with Gasteiger partial charge in [0, 0.05) is 22.2 Å². The first-order chi connectivity index (χ1) is 18.5. The van der Waals surface area contributed by atoms with Gasteiger partial charge in [0.25, 0.3) is 0 Å². The zero-order valence-electron chi connectivity index (χ0n) is 23.8. The van der Waals surface area contributed by atoms with E-state index in [2.05, 4.69) is 42.0 Å². The highest BCUT2D eigenvalue weighted by Crippen LogP contribution is 2.32. The SMILES string of the molecule is C=S(=O)(Nc1ccc(C)c(/C(=C(\C)C(=O)NC2CCNCC2)c2ccccc2)c1)c1ccc(C(C)(C)C)cc1. The number of amides is 1. The summed E-state index contributed by atoms with van der Waals surface area (Å²) in [6.45, 7) is 12.2. The first-order valence-corrected chi connectivity index (χ1v) is 15.3. The van der Waals surface area contributed by atoms with E-state index in [1.165, 1.54) is 5.56 Å². The third-order valence-electron chi connectivity index (χ3n) is 7.34. The Morgan fingerprint density at radius 1 is 0.974 bits per heavy atom. The van der Waals surface area contributed by atoms with Crippen LogP contribution in [-0.2, 0) is 19.9 Å². The molecule has 39 heavy (non-hydrogen) atoms. The van der Waals surface area contributed by atoms with Gasteiger partial charge in [-0.2, -0.15) is 0 Å². The summed E-state index contributed by atoms with van der Waals surface area (Å²) in [5.41, 5.74) is 6.31. The number of carbonyl (C=O) groups excluding carboxylic acids is 1. The smallest absolute Gasteiger partial charge is 0.247 e. The molecule has 1 heterocycles. The number of anilines is 1. The predicted molar refractivity (Wildman–Crippen MR) is 166 cm³/mol. The largest absolute Gasteiger partial charge is 0.349 e. The molecule has 0 aromatic heterocycles. The summed E-state index contributed by atoms with van der Waals surface area (Å²) in [5, 5.41) is 6.59. The summed E-state index contributed by atoms with van der Waals surface area (Å²) in [5.74, 6) is 3.99. The van der Waals surface area contributed by atoms with Gasteiger partial charge in [0.05, 0.1) is 9.71 Å². The van der Waals surface area contributed by atoms with Crippen molar-refractivity contribution in [3.8, 4) is 0 Å². The number of piperidine rings is 1. The topological polar surface area (TPSA) is 70.2 Å². The molecule has 0 bridgehead atoms. The van der Waals surface area contributed by atoms with Crippen LogP contribution in [0.15, 0.2) is 83.3 Å². The van der Waals surface area contributed by atoms with Gasteiger partial charge in [0.1, 0.15) is 0 Å². The number of rotatable bonds is 7. The first-order valence-electron chi connectivity index (χ1n) is 13.6. The van der Waals surface area contributed by atoms with E-state index in [-0.39, 0.29) is 17.4 Å². The monoisotopic (exact) mass is 543 g/mol. The molecule has 0 aliphatic carbocycles. The second kappa shape index (κ2) is 11.8. The van der Waals surface area contributed by atoms with Gasteiger partial charge in [-0.15, -0.1) is 0 Å². The van der Waals surface area contributed by atoms with Crippen LogP contribution in [0.5, 0.6) is 0 Å². The normalized spacial score (nSPS) is 16.6. The highest BCUT2D eigenvalue weighted by Gasteiger charge is 2.21. The molecule has 0 radical (unpaired) electrons. The highest BCUT2D eigenvalue weighted by atomic mass is 32.2. The van der Waals surface area contributed by atoms with E-state index >= 15 is 0 Å². The van der Waals surface area contributed by atoms with Crippen LogP contribution in [-0.4, -0.2) is 35.1 Å². The number of hydrogen-bond donors (Lipinski definition) is 3. The van der Waals surface area contributed by atoms with E-state index in [1.54, 1.807) is 0 Å². The Labute approximate surface area is 234 Å². The lowest BCUT2D eigenvalue weighted by Crippen LogP contribution is -2.43. The molecule has 3 aromatic rings. The summed E-state index contributed by atoms with van der Waals surface area (Å²) in [6.07, 6.45) is 1.85. The molecule has 3 aromatic carbocycles. The minimum atomic E-state index is -2.80. The maximum Gasteiger partial charge on any atom is 0.247 e. The third kappa shape index (κ3) is 7.00. The van der Waals surface area contributed by atoms with Crippen LogP contribution in [0.3, 0.4) is 0 Å². The number of nitrogens with one attached hydrogen (secondary N) is 3. The van der Waals surface area contributed by atoms with Gasteiger partial charge in [-0.05, 0) is 103 Å². The van der Waals surface area contributed by atoms with Gasteiger partial charge in [0.2, 0.25) is 5.91 Å². The third-order valence-corrected chi connectivity index (χ3v) is 8.94. The average molecular weight is 544 g/mol. The molecule has 0 spiro atoms. The Bertz CT molecular complexity index is 1450. The lowest BCUT2D eigenvalue weighted by atomic mass is 9.87. The minimum Gasteiger partial charge on any atom is -0.349 e. The zero-order chi connectivity index (χ0) is 28.2. The molecule has 4 rings (SSSR count). The van der Waals surface area contributed by atoms with Gasteiger partial charge in [0.15, 0.2) is 0 Å². The fourth-order valence-corrected chi connectivity index (χ4v) is 6.13. The summed E-state index contributed by atoms with van der Waals surface area (Å²) in [6, 6.07) is 23.9. The van der Waals surface area contributed by atoms with Crippen molar-refractivity contribution in [3.63, 3.8) is 0 Å². The first kappa shape index (κ1) is 28.7. The second-order valence-corrected chi connectivity index (χ2v) is 13.5. The van der Waals surface area contributed by atoms with E-state index in [0.29, 0.717) is 16.2 Å². The molecule has 3 N–H and O–H groups in total. The van der Waals surface area contributed by atoms with Crippen molar-refractivity contribution >= 4 is 32.7 Å². The van der Waals surface area contributed by atoms with Crippen LogP contribution in [0.2, 0.25) is 0 Å². The fourth-order valence-electron chi connectivity index (χ4n) is 4.93. The summed E-state index contributed by atoms with van der Waals surface area (Å²) < 4.78 is 16.9. The fraction of sp³-hybridized carbons (Fsp3) is 0.333. The standard InChI is InChI=1S/C33H41N3O2S/c1-23-12-15-28(36-39(6,38)29-16-13-26(14-17-29)33(3,4)5)22-30(23)31(25-10-8-7-9-11-25)24(2)32(37)35-27-18-20-34-21-19-27/h7-17,22,27,34H,6,18-21H2,1-5H3,(H,35,37)(H,36,38)/b31-24+. The highest BCUT2D eigenvalue weighted by molar-refractivity contribution is 8.01. The van der Waals surface area contributed by atoms with Gasteiger partial charge in [-0.25, -0.2) is 4.21 Å². The summed E-state index contributed by atoms with van der Waals surface area (Å²) in [7, 11) is -2.80.